The van der Waals surface area contributed by atoms with Crippen molar-refractivity contribution in [3.05, 3.63) is 49.6 Å². The maximum atomic E-state index is 14.6. The van der Waals surface area contributed by atoms with E-state index in [1.165, 1.54) is 0 Å². The highest BCUT2D eigenvalue weighted by Gasteiger charge is 2.74. The SMILES string of the molecule is C=CCCCCOC(=O)[C@@H]1[C@H]2C(=O)N(CCCCO)C(C(=O)N(CC=C)c3ccc(N(CC)CC)cc3)C23CC[C@H]1S3. The summed E-state index contributed by atoms with van der Waals surface area (Å²) in [6.07, 6.45) is 8.70. The second-order valence-electron chi connectivity index (χ2n) is 11.4. The van der Waals surface area contributed by atoms with Crippen LogP contribution in [-0.2, 0) is 19.1 Å². The molecule has 1 N–H and O–H groups in total. The summed E-state index contributed by atoms with van der Waals surface area (Å²) in [5.74, 6) is -1.72. The number of likely N-dealkylation sites (tertiary alicyclic amines) is 1. The van der Waals surface area contributed by atoms with Crippen molar-refractivity contribution in [2.75, 3.05) is 49.2 Å². The van der Waals surface area contributed by atoms with Crippen molar-refractivity contribution in [1.29, 1.82) is 0 Å². The number of esters is 1. The lowest BCUT2D eigenvalue weighted by atomic mass is 9.71. The van der Waals surface area contributed by atoms with Gasteiger partial charge in [-0.25, -0.2) is 0 Å². The lowest BCUT2D eigenvalue weighted by Gasteiger charge is -2.37. The fraction of sp³-hybridized carbons (Fsp3) is 0.606. The molecule has 1 aromatic rings. The molecule has 3 saturated heterocycles. The summed E-state index contributed by atoms with van der Waals surface area (Å²) in [6, 6.07) is 7.29. The highest BCUT2D eigenvalue weighted by molar-refractivity contribution is 8.02. The zero-order valence-electron chi connectivity index (χ0n) is 25.2. The number of nitrogens with zero attached hydrogens (tertiary/aromatic N) is 3. The Labute approximate surface area is 255 Å². The van der Waals surface area contributed by atoms with Gasteiger partial charge >= 0.3 is 5.97 Å². The topological polar surface area (TPSA) is 90.4 Å². The molecule has 3 aliphatic heterocycles. The van der Waals surface area contributed by atoms with Crippen molar-refractivity contribution in [2.45, 2.75) is 74.8 Å². The zero-order valence-corrected chi connectivity index (χ0v) is 26.0. The van der Waals surface area contributed by atoms with E-state index < -0.39 is 22.6 Å². The summed E-state index contributed by atoms with van der Waals surface area (Å²) >= 11 is 1.65. The molecule has 1 aromatic carbocycles. The largest absolute Gasteiger partial charge is 0.465 e. The van der Waals surface area contributed by atoms with Gasteiger partial charge in [0.25, 0.3) is 5.91 Å². The molecule has 0 radical (unpaired) electrons. The van der Waals surface area contributed by atoms with E-state index in [9.17, 15) is 19.5 Å². The van der Waals surface area contributed by atoms with E-state index >= 15 is 0 Å². The number of rotatable bonds is 17. The molecular formula is C33H47N3O5S. The van der Waals surface area contributed by atoms with Gasteiger partial charge in [-0.3, -0.25) is 14.4 Å². The maximum absolute atomic E-state index is 14.6. The molecule has 2 bridgehead atoms. The van der Waals surface area contributed by atoms with Crippen LogP contribution in [0.1, 0.15) is 58.8 Å². The van der Waals surface area contributed by atoms with E-state index in [2.05, 4.69) is 31.9 Å². The normalized spacial score (nSPS) is 25.8. The molecule has 42 heavy (non-hydrogen) atoms. The molecule has 230 valence electrons. The summed E-state index contributed by atoms with van der Waals surface area (Å²) in [5, 5.41) is 9.41. The van der Waals surface area contributed by atoms with Crippen LogP contribution in [0.4, 0.5) is 11.4 Å². The fourth-order valence-corrected chi connectivity index (χ4v) is 9.23. The van der Waals surface area contributed by atoms with Gasteiger partial charge in [0.2, 0.25) is 5.91 Å². The average Bonchev–Trinajstić information content (AvgIpc) is 3.64. The number of unbranched alkanes of at least 4 members (excludes halogenated alkanes) is 3. The van der Waals surface area contributed by atoms with Crippen molar-refractivity contribution in [2.24, 2.45) is 11.8 Å². The molecule has 9 heteroatoms. The lowest BCUT2D eigenvalue weighted by molar-refractivity contribution is -0.154. The van der Waals surface area contributed by atoms with Gasteiger partial charge in [0, 0.05) is 49.4 Å². The zero-order chi connectivity index (χ0) is 30.3. The molecule has 3 heterocycles. The number of carbonyl (C=O) groups excluding carboxylic acids is 3. The third-order valence-electron chi connectivity index (χ3n) is 9.03. The smallest absolute Gasteiger partial charge is 0.310 e. The van der Waals surface area contributed by atoms with E-state index in [-0.39, 0.29) is 29.6 Å². The number of aliphatic hydroxyl groups excluding tert-OH is 1. The molecular weight excluding hydrogens is 550 g/mol. The third kappa shape index (κ3) is 6.13. The number of amides is 2. The first-order valence-corrected chi connectivity index (χ1v) is 16.4. The highest BCUT2D eigenvalue weighted by atomic mass is 32.2. The number of carbonyl (C=O) groups is 3. The van der Waals surface area contributed by atoms with Crippen molar-refractivity contribution in [1.82, 2.24) is 4.90 Å². The number of anilines is 2. The average molecular weight is 598 g/mol. The highest BCUT2D eigenvalue weighted by Crippen LogP contribution is 2.66. The maximum Gasteiger partial charge on any atom is 0.310 e. The van der Waals surface area contributed by atoms with Crippen molar-refractivity contribution >= 4 is 40.9 Å². The van der Waals surface area contributed by atoms with Crippen LogP contribution in [0.25, 0.3) is 0 Å². The Morgan fingerprint density at radius 2 is 1.81 bits per heavy atom. The minimum absolute atomic E-state index is 0.0221. The van der Waals surface area contributed by atoms with Gasteiger partial charge in [-0.05, 0) is 83.1 Å². The van der Waals surface area contributed by atoms with E-state index in [0.717, 1.165) is 50.1 Å². The molecule has 3 aliphatic rings. The molecule has 3 fully saturated rings. The van der Waals surface area contributed by atoms with Gasteiger partial charge < -0.3 is 24.5 Å². The quantitative estimate of drug-likeness (QED) is 0.157. The molecule has 0 saturated carbocycles. The van der Waals surface area contributed by atoms with Crippen LogP contribution < -0.4 is 9.80 Å². The number of allylic oxidation sites excluding steroid dienone is 1. The van der Waals surface area contributed by atoms with Crippen LogP contribution in [-0.4, -0.2) is 83.2 Å². The summed E-state index contributed by atoms with van der Waals surface area (Å²) < 4.78 is 5.03. The van der Waals surface area contributed by atoms with Crippen LogP contribution >= 0.6 is 11.8 Å². The number of benzene rings is 1. The first kappa shape index (κ1) is 32.1. The Balaban J connectivity index is 1.64. The van der Waals surface area contributed by atoms with Crippen LogP contribution in [0.2, 0.25) is 0 Å². The minimum Gasteiger partial charge on any atom is -0.465 e. The first-order valence-electron chi connectivity index (χ1n) is 15.5. The molecule has 0 aromatic heterocycles. The number of thioether (sulfide) groups is 1. The summed E-state index contributed by atoms with van der Waals surface area (Å²) in [5.41, 5.74) is 1.84. The second kappa shape index (κ2) is 14.6. The minimum atomic E-state index is -0.698. The third-order valence-corrected chi connectivity index (χ3v) is 11.0. The summed E-state index contributed by atoms with van der Waals surface area (Å²) in [4.78, 5) is 47.9. The van der Waals surface area contributed by atoms with Crippen molar-refractivity contribution in [3.63, 3.8) is 0 Å². The fourth-order valence-electron chi connectivity index (χ4n) is 7.03. The van der Waals surface area contributed by atoms with Crippen LogP contribution in [0.3, 0.4) is 0 Å². The Kier molecular flexibility index (Phi) is 11.2. The van der Waals surface area contributed by atoms with Gasteiger partial charge in [-0.15, -0.1) is 24.9 Å². The summed E-state index contributed by atoms with van der Waals surface area (Å²) in [6.45, 7) is 14.7. The molecule has 2 unspecified atom stereocenters. The van der Waals surface area contributed by atoms with Crippen LogP contribution in [0, 0.1) is 11.8 Å². The first-order chi connectivity index (χ1) is 20.4. The number of hydrogen-bond acceptors (Lipinski definition) is 7. The van der Waals surface area contributed by atoms with E-state index in [0.29, 0.717) is 39.0 Å². The van der Waals surface area contributed by atoms with Crippen molar-refractivity contribution < 1.29 is 24.2 Å². The Morgan fingerprint density at radius 3 is 2.45 bits per heavy atom. The van der Waals surface area contributed by atoms with Gasteiger partial charge in [0.1, 0.15) is 6.04 Å². The molecule has 4 rings (SSSR count). The lowest BCUT2D eigenvalue weighted by Crippen LogP contribution is -2.55. The predicted octanol–water partition coefficient (Wildman–Crippen LogP) is 4.82. The van der Waals surface area contributed by atoms with Crippen molar-refractivity contribution in [3.8, 4) is 0 Å². The van der Waals surface area contributed by atoms with Crippen LogP contribution in [0.5, 0.6) is 0 Å². The Hall–Kier alpha value is -2.78. The molecule has 8 nitrogen and oxygen atoms in total. The van der Waals surface area contributed by atoms with Gasteiger partial charge in [0.05, 0.1) is 23.2 Å². The monoisotopic (exact) mass is 597 g/mol. The number of ether oxygens (including phenoxy) is 1. The molecule has 5 atom stereocenters. The predicted molar refractivity (Wildman–Crippen MR) is 170 cm³/mol. The van der Waals surface area contributed by atoms with E-state index in [4.69, 9.17) is 4.74 Å². The van der Waals surface area contributed by atoms with Crippen LogP contribution in [0.15, 0.2) is 49.6 Å². The number of hydrogen-bond donors (Lipinski definition) is 1. The van der Waals surface area contributed by atoms with E-state index in [1.807, 2.05) is 30.3 Å². The molecule has 2 amide bonds. The molecule has 0 aliphatic carbocycles. The van der Waals surface area contributed by atoms with Gasteiger partial charge in [-0.1, -0.05) is 12.2 Å². The van der Waals surface area contributed by atoms with Gasteiger partial charge in [-0.2, -0.15) is 0 Å². The number of aliphatic hydroxyl groups is 1. The Bertz CT molecular complexity index is 1120. The van der Waals surface area contributed by atoms with Gasteiger partial charge in [0.15, 0.2) is 0 Å². The summed E-state index contributed by atoms with van der Waals surface area (Å²) in [7, 11) is 0. The number of fused-ring (bicyclic) bond motifs is 1. The van der Waals surface area contributed by atoms with E-state index in [1.54, 1.807) is 27.6 Å². The Morgan fingerprint density at radius 1 is 1.10 bits per heavy atom. The molecule has 1 spiro atoms. The standard InChI is InChI=1S/C33H47N3O5S/c1-5-9-10-13-23-41-32(40)27-26-18-19-33(42-26)28(27)30(38)36(21-11-12-22-37)29(33)31(39)35(20-6-2)25-16-14-24(15-17-25)34(7-3)8-4/h5-6,14-17,26-29,37H,1-2,7-13,18-23H2,3-4H3/t26-,27+,28+,29?,33?/m1/s1. The second-order valence-corrected chi connectivity index (χ2v) is 13.0.